The summed E-state index contributed by atoms with van der Waals surface area (Å²) in [6, 6.07) is 5.86. The van der Waals surface area contributed by atoms with Crippen LogP contribution in [0.15, 0.2) is 52.1 Å². The number of aromatic nitrogens is 3. The van der Waals surface area contributed by atoms with Crippen LogP contribution in [-0.4, -0.2) is 37.9 Å². The highest BCUT2D eigenvalue weighted by molar-refractivity contribution is 9.10. The van der Waals surface area contributed by atoms with Crippen LogP contribution >= 0.6 is 15.9 Å². The summed E-state index contributed by atoms with van der Waals surface area (Å²) in [5.74, 6) is -0.557. The molecule has 0 spiro atoms. The normalized spacial score (nSPS) is 15.5. The van der Waals surface area contributed by atoms with Crippen LogP contribution in [0.25, 0.3) is 11.3 Å². The molecule has 1 atom stereocenters. The Morgan fingerprint density at radius 2 is 1.92 bits per heavy atom. The van der Waals surface area contributed by atoms with E-state index in [-0.39, 0.29) is 12.6 Å². The molecule has 14 heteroatoms. The number of ether oxygens (including phenoxy) is 1. The zero-order valence-corrected chi connectivity index (χ0v) is 25.0. The molecule has 1 N–H and O–H groups in total. The van der Waals surface area contributed by atoms with Gasteiger partial charge in [0.05, 0.1) is 11.7 Å². The molecule has 4 rings (SSSR count). The number of nitrogens with zero attached hydrogens (tertiary/aromatic N) is 3. The Balaban J connectivity index is 1.68. The molecule has 0 bridgehead atoms. The molecule has 39 heavy (non-hydrogen) atoms. The Labute approximate surface area is 234 Å². The van der Waals surface area contributed by atoms with Gasteiger partial charge >= 0.3 is 6.18 Å². The number of benzene rings is 1. The van der Waals surface area contributed by atoms with Crippen molar-refractivity contribution in [2.24, 2.45) is 5.92 Å². The molecule has 1 aromatic carbocycles. The summed E-state index contributed by atoms with van der Waals surface area (Å²) in [7, 11) is -5.56. The van der Waals surface area contributed by atoms with E-state index in [1.165, 1.54) is 12.1 Å². The first kappa shape index (κ1) is 29.8. The largest absolute Gasteiger partial charge is 0.433 e. The fraction of sp³-hybridized carbons (Fsp3) is 0.440. The molecule has 1 fully saturated rings. The second-order valence-electron chi connectivity index (χ2n) is 10.8. The Kier molecular flexibility index (Phi) is 8.72. The third-order valence-electron chi connectivity index (χ3n) is 6.24. The highest BCUT2D eigenvalue weighted by Gasteiger charge is 2.39. The quantitative estimate of drug-likeness (QED) is 0.144. The standard InChI is InChI=1S/C25H29BrF4N4O3SSi/c1-39(2,3)11-10-37-15-34-14-20(24(32-34)19-12-17(27)6-8-21(19)26)23(16-4-5-16)33-38(35,36)18-7-9-22(31-13-18)25(28,29)30/h6-9,12-14,16,23,33H,4-5,10-11,15H2,1-3H3. The predicted octanol–water partition coefficient (Wildman–Crippen LogP) is 6.61. The van der Waals surface area contributed by atoms with Crippen molar-refractivity contribution >= 4 is 34.0 Å². The molecule has 0 aliphatic heterocycles. The van der Waals surface area contributed by atoms with Crippen LogP contribution in [0.3, 0.4) is 0 Å². The topological polar surface area (TPSA) is 86.1 Å². The maximum atomic E-state index is 14.2. The van der Waals surface area contributed by atoms with E-state index in [9.17, 15) is 26.0 Å². The van der Waals surface area contributed by atoms with Gasteiger partial charge in [0, 0.05) is 42.7 Å². The van der Waals surface area contributed by atoms with Gasteiger partial charge in [0.15, 0.2) is 0 Å². The summed E-state index contributed by atoms with van der Waals surface area (Å²) < 4.78 is 90.1. The van der Waals surface area contributed by atoms with Crippen LogP contribution in [0, 0.1) is 11.7 Å². The third kappa shape index (κ3) is 7.75. The summed E-state index contributed by atoms with van der Waals surface area (Å²) in [4.78, 5) is 2.89. The number of hydrogen-bond acceptors (Lipinski definition) is 5. The minimum Gasteiger partial charge on any atom is -0.360 e. The van der Waals surface area contributed by atoms with Gasteiger partial charge < -0.3 is 4.74 Å². The molecular formula is C25H29BrF4N4O3SSi. The van der Waals surface area contributed by atoms with Crippen molar-refractivity contribution in [1.29, 1.82) is 0 Å². The number of halogens is 5. The van der Waals surface area contributed by atoms with E-state index in [2.05, 4.69) is 50.4 Å². The van der Waals surface area contributed by atoms with Crippen molar-refractivity contribution in [1.82, 2.24) is 19.5 Å². The first-order valence-corrected chi connectivity index (χ1v) is 18.3. The highest BCUT2D eigenvalue weighted by Crippen LogP contribution is 2.45. The van der Waals surface area contributed by atoms with Gasteiger partial charge in [0.2, 0.25) is 10.0 Å². The monoisotopic (exact) mass is 648 g/mol. The zero-order valence-electron chi connectivity index (χ0n) is 21.6. The Morgan fingerprint density at radius 3 is 2.51 bits per heavy atom. The van der Waals surface area contributed by atoms with Crippen LogP contribution in [0.2, 0.25) is 25.7 Å². The molecule has 212 valence electrons. The zero-order chi connectivity index (χ0) is 28.6. The summed E-state index contributed by atoms with van der Waals surface area (Å²) in [6.07, 6.45) is -0.849. The van der Waals surface area contributed by atoms with E-state index in [0.29, 0.717) is 40.2 Å². The van der Waals surface area contributed by atoms with Crippen LogP contribution in [0.1, 0.15) is 30.1 Å². The number of hydrogen-bond donors (Lipinski definition) is 1. The van der Waals surface area contributed by atoms with Crippen molar-refractivity contribution in [2.45, 2.75) is 62.4 Å². The molecule has 2 aromatic heterocycles. The summed E-state index contributed by atoms with van der Waals surface area (Å²) >= 11 is 3.44. The van der Waals surface area contributed by atoms with E-state index < -0.39 is 46.7 Å². The van der Waals surface area contributed by atoms with E-state index >= 15 is 0 Å². The first-order valence-electron chi connectivity index (χ1n) is 12.3. The molecule has 1 unspecified atom stereocenters. The van der Waals surface area contributed by atoms with Crippen molar-refractivity contribution in [3.63, 3.8) is 0 Å². The lowest BCUT2D eigenvalue weighted by atomic mass is 10.00. The molecule has 2 heterocycles. The summed E-state index contributed by atoms with van der Waals surface area (Å²) in [6.45, 7) is 7.38. The van der Waals surface area contributed by atoms with Crippen LogP contribution < -0.4 is 4.72 Å². The fourth-order valence-corrected chi connectivity index (χ4v) is 6.36. The van der Waals surface area contributed by atoms with Crippen molar-refractivity contribution in [3.8, 4) is 11.3 Å². The van der Waals surface area contributed by atoms with Gasteiger partial charge in [-0.3, -0.25) is 4.98 Å². The Hall–Kier alpha value is -2.13. The molecule has 0 amide bonds. The Morgan fingerprint density at radius 1 is 1.21 bits per heavy atom. The number of sulfonamides is 1. The number of pyridine rings is 1. The number of nitrogens with one attached hydrogen (secondary N) is 1. The Bertz CT molecular complexity index is 1420. The SMILES string of the molecule is C[Si](C)(C)CCOCn1cc(C(NS(=O)(=O)c2ccc(C(F)(F)F)nc2)C2CC2)c(-c2cc(F)ccc2Br)n1. The van der Waals surface area contributed by atoms with E-state index in [4.69, 9.17) is 4.74 Å². The molecule has 0 radical (unpaired) electrons. The first-order chi connectivity index (χ1) is 18.1. The van der Waals surface area contributed by atoms with Gasteiger partial charge in [-0.2, -0.15) is 18.3 Å². The summed E-state index contributed by atoms with van der Waals surface area (Å²) in [5, 5.41) is 4.62. The molecule has 1 saturated carbocycles. The molecule has 3 aromatic rings. The van der Waals surface area contributed by atoms with Crippen LogP contribution in [0.4, 0.5) is 17.6 Å². The lowest BCUT2D eigenvalue weighted by Gasteiger charge is -2.19. The number of alkyl halides is 3. The van der Waals surface area contributed by atoms with Gasteiger partial charge in [-0.15, -0.1) is 0 Å². The second-order valence-corrected chi connectivity index (χ2v) is 18.9. The van der Waals surface area contributed by atoms with Crippen LogP contribution in [-0.2, 0) is 27.7 Å². The highest BCUT2D eigenvalue weighted by atomic mass is 79.9. The third-order valence-corrected chi connectivity index (χ3v) is 10.1. The minimum absolute atomic E-state index is 0.0706. The van der Waals surface area contributed by atoms with Gasteiger partial charge in [-0.1, -0.05) is 35.6 Å². The lowest BCUT2D eigenvalue weighted by Crippen LogP contribution is -2.30. The average molecular weight is 650 g/mol. The lowest BCUT2D eigenvalue weighted by molar-refractivity contribution is -0.141. The van der Waals surface area contributed by atoms with Gasteiger partial charge in [-0.05, 0) is 55.1 Å². The van der Waals surface area contributed by atoms with Gasteiger partial charge in [0.1, 0.15) is 23.1 Å². The molecular weight excluding hydrogens is 620 g/mol. The maximum absolute atomic E-state index is 14.2. The smallest absolute Gasteiger partial charge is 0.360 e. The fourth-order valence-electron chi connectivity index (χ4n) is 3.94. The van der Waals surface area contributed by atoms with Crippen LogP contribution in [0.5, 0.6) is 0 Å². The average Bonchev–Trinajstić information content (AvgIpc) is 3.60. The maximum Gasteiger partial charge on any atom is 0.433 e. The van der Waals surface area contributed by atoms with E-state index in [0.717, 1.165) is 25.0 Å². The summed E-state index contributed by atoms with van der Waals surface area (Å²) in [5.41, 5.74) is 0.141. The molecule has 1 aliphatic carbocycles. The number of rotatable bonds is 11. The van der Waals surface area contributed by atoms with Crippen molar-refractivity contribution in [3.05, 3.63) is 64.3 Å². The molecule has 0 saturated heterocycles. The van der Waals surface area contributed by atoms with Crippen molar-refractivity contribution in [2.75, 3.05) is 6.61 Å². The van der Waals surface area contributed by atoms with Gasteiger partial charge in [0.25, 0.3) is 0 Å². The molecule has 7 nitrogen and oxygen atoms in total. The van der Waals surface area contributed by atoms with E-state index in [1.54, 1.807) is 16.9 Å². The van der Waals surface area contributed by atoms with Crippen molar-refractivity contribution < 1.29 is 30.7 Å². The minimum atomic E-state index is -4.69. The predicted molar refractivity (Wildman–Crippen MR) is 144 cm³/mol. The second kappa shape index (κ2) is 11.4. The van der Waals surface area contributed by atoms with Gasteiger partial charge in [-0.25, -0.2) is 22.2 Å². The molecule has 1 aliphatic rings. The van der Waals surface area contributed by atoms with E-state index in [1.807, 2.05) is 0 Å².